The average Bonchev–Trinajstić information content (AvgIpc) is 0.901. The van der Waals surface area contributed by atoms with Crippen molar-refractivity contribution in [1.29, 1.82) is 0 Å². The number of ether oxygens (including phenoxy) is 4. The van der Waals surface area contributed by atoms with Crippen LogP contribution in [-0.2, 0) is 65.4 Å². The molecule has 5 unspecified atom stereocenters. The summed E-state index contributed by atoms with van der Waals surface area (Å²) in [6.45, 7) is 4.18. The van der Waals surface area contributed by atoms with Crippen LogP contribution >= 0.6 is 15.6 Å². The van der Waals surface area contributed by atoms with E-state index in [4.69, 9.17) is 37.0 Å². The lowest BCUT2D eigenvalue weighted by molar-refractivity contribution is -0.161. The highest BCUT2D eigenvalue weighted by atomic mass is 31.2. The molecule has 0 radical (unpaired) electrons. The van der Waals surface area contributed by atoms with Gasteiger partial charge < -0.3 is 33.8 Å². The molecule has 608 valence electrons. The third kappa shape index (κ3) is 77.8. The van der Waals surface area contributed by atoms with Crippen LogP contribution < -0.4 is 0 Å². The van der Waals surface area contributed by atoms with Gasteiger partial charge in [-0.2, -0.15) is 0 Å². The molecule has 0 aromatic heterocycles. The summed E-state index contributed by atoms with van der Waals surface area (Å²) in [4.78, 5) is 73.0. The molecule has 0 rings (SSSR count). The minimum Gasteiger partial charge on any atom is -0.462 e. The first-order valence-corrected chi connectivity index (χ1v) is 43.3. The molecular weight excluding hydrogens is 1400 g/mol. The number of rotatable bonds is 73. The van der Waals surface area contributed by atoms with E-state index in [1.54, 1.807) is 12.2 Å². The summed E-state index contributed by atoms with van der Waals surface area (Å²) in [5.74, 6) is -2.47. The number of hydrogen-bond donors (Lipinski definition) is 3. The number of allylic oxidation sites excluding steroid dienone is 33. The van der Waals surface area contributed by atoms with Gasteiger partial charge in [0, 0.05) is 19.3 Å². The first kappa shape index (κ1) is 102. The lowest BCUT2D eigenvalue weighted by Crippen LogP contribution is -2.30. The molecule has 0 saturated heterocycles. The normalized spacial score (nSPS) is 14.9. The smallest absolute Gasteiger partial charge is 0.462 e. The Morgan fingerprint density at radius 2 is 0.509 bits per heavy atom. The van der Waals surface area contributed by atoms with Gasteiger partial charge in [0.2, 0.25) is 0 Å². The summed E-state index contributed by atoms with van der Waals surface area (Å²) in [7, 11) is -10.0. The molecule has 0 aromatic rings. The van der Waals surface area contributed by atoms with E-state index in [-0.39, 0.29) is 25.7 Å². The van der Waals surface area contributed by atoms with Gasteiger partial charge in [-0.25, -0.2) is 9.13 Å². The molecule has 19 heteroatoms. The van der Waals surface area contributed by atoms with Gasteiger partial charge in [0.15, 0.2) is 12.2 Å². The van der Waals surface area contributed by atoms with Crippen molar-refractivity contribution in [1.82, 2.24) is 0 Å². The van der Waals surface area contributed by atoms with E-state index in [9.17, 15) is 43.2 Å². The molecule has 0 aromatic carbocycles. The Balaban J connectivity index is 5.53. The SMILES string of the molecule is CC/C=C\C/C=C\C/C=C\C/C=C\C/C=C\C/C=C\CCC(=O)OCC(COP(=O)(O)OCC(O)COP(=O)(O)OCC(COC(=O)CCCCCCCCC/C=C\C/C=C\C/C=C\CC)OC(=O)CCCCCCCCC/C=C\C/C=C\C/C=C\CC)OC(=O)C/C=C\C/C=C\C/C=C\C/C=C\C/C=C\CC. The van der Waals surface area contributed by atoms with Gasteiger partial charge in [0.05, 0.1) is 32.8 Å². The number of hydrogen-bond acceptors (Lipinski definition) is 15. The van der Waals surface area contributed by atoms with Crippen molar-refractivity contribution < 1.29 is 80.2 Å². The van der Waals surface area contributed by atoms with Crippen molar-refractivity contribution in [2.75, 3.05) is 39.6 Å². The number of phosphoric ester groups is 2. The number of esters is 4. The number of aliphatic hydroxyl groups excluding tert-OH is 1. The zero-order chi connectivity index (χ0) is 78.9. The largest absolute Gasteiger partial charge is 0.472 e. The van der Waals surface area contributed by atoms with Crippen LogP contribution in [0.2, 0.25) is 0 Å². The minimum atomic E-state index is -5.03. The maximum absolute atomic E-state index is 13.1. The highest BCUT2D eigenvalue weighted by Gasteiger charge is 2.30. The monoisotopic (exact) mass is 1540 g/mol. The average molecular weight is 1540 g/mol. The Hall–Kier alpha value is -6.36. The molecule has 0 aliphatic carbocycles. The van der Waals surface area contributed by atoms with Crippen LogP contribution in [0.4, 0.5) is 0 Å². The van der Waals surface area contributed by atoms with E-state index < -0.39 is 97.5 Å². The van der Waals surface area contributed by atoms with E-state index >= 15 is 0 Å². The Bertz CT molecular complexity index is 2860. The van der Waals surface area contributed by atoms with Gasteiger partial charge in [-0.05, 0) is 154 Å². The quantitative estimate of drug-likeness (QED) is 0.0169. The van der Waals surface area contributed by atoms with Gasteiger partial charge in [-0.15, -0.1) is 0 Å². The van der Waals surface area contributed by atoms with E-state index in [2.05, 4.69) is 192 Å². The summed E-state index contributed by atoms with van der Waals surface area (Å²) < 4.78 is 68.4. The fraction of sp³-hybridized carbons (Fsp3) is 0.573. The molecule has 0 spiro atoms. The van der Waals surface area contributed by atoms with Crippen LogP contribution in [0.1, 0.15) is 272 Å². The van der Waals surface area contributed by atoms with Gasteiger partial charge in [-0.1, -0.05) is 298 Å². The standard InChI is InChI=1S/C89H140O17P2/c1-5-9-13-17-21-25-29-33-37-40-41-44-47-50-54-58-62-66-70-74-87(92)100-79-84(105-88(93)75-71-67-63-59-55-51-45-36-32-28-24-20-16-12-8-4)81-103-107(95,96)101-77-83(90)78-102-108(97,98)104-82-85(106-89(94)76-72-68-64-60-56-52-48-43-39-35-31-27-23-19-15-11-7-3)80-99-86(91)73-69-65-61-57-53-49-46-42-38-34-30-26-22-18-14-10-6-2/h9-16,21-28,33-39,41,44-45,50,54-55,59,62,66-67,71,83-85,90H,5-8,17-20,29-32,40,42-43,46-49,51-53,56-58,60-61,63-65,68-70,72-82H2,1-4H3,(H,95,96)(H,97,98)/b13-9-,14-10-,15-11-,16-12-,25-21-,26-22-,27-23-,28-24-,37-33-,38-34-,39-35-,44-41-,45-36-,54-50-,59-55-,66-62-,71-67-. The molecule has 0 amide bonds. The van der Waals surface area contributed by atoms with Gasteiger partial charge >= 0.3 is 39.5 Å². The maximum atomic E-state index is 13.1. The van der Waals surface area contributed by atoms with Crippen LogP contribution in [-0.4, -0.2) is 96.7 Å². The van der Waals surface area contributed by atoms with E-state index in [0.717, 1.165) is 186 Å². The van der Waals surface area contributed by atoms with Crippen molar-refractivity contribution in [3.8, 4) is 0 Å². The highest BCUT2D eigenvalue weighted by molar-refractivity contribution is 7.47. The number of aliphatic hydroxyl groups is 1. The van der Waals surface area contributed by atoms with E-state index in [0.29, 0.717) is 32.1 Å². The molecule has 3 N–H and O–H groups in total. The van der Waals surface area contributed by atoms with Crippen molar-refractivity contribution in [3.05, 3.63) is 207 Å². The number of unbranched alkanes of at least 4 members (excludes halogenated alkanes) is 14. The number of carbonyl (C=O) groups is 4. The summed E-state index contributed by atoms with van der Waals surface area (Å²) in [6, 6.07) is 0. The fourth-order valence-corrected chi connectivity index (χ4v) is 11.4. The Labute approximate surface area is 652 Å². The fourth-order valence-electron chi connectivity index (χ4n) is 9.82. The number of carbonyl (C=O) groups excluding carboxylic acids is 4. The Morgan fingerprint density at radius 1 is 0.269 bits per heavy atom. The second kappa shape index (κ2) is 78.8. The highest BCUT2D eigenvalue weighted by Crippen LogP contribution is 2.45. The van der Waals surface area contributed by atoms with Crippen LogP contribution in [0.15, 0.2) is 207 Å². The third-order valence-electron chi connectivity index (χ3n) is 15.8. The van der Waals surface area contributed by atoms with Gasteiger partial charge in [0.1, 0.15) is 19.3 Å². The van der Waals surface area contributed by atoms with E-state index in [1.807, 2.05) is 30.4 Å². The first-order chi connectivity index (χ1) is 52.7. The summed E-state index contributed by atoms with van der Waals surface area (Å²) in [5, 5.41) is 10.6. The summed E-state index contributed by atoms with van der Waals surface area (Å²) in [5.41, 5.74) is 0. The molecule has 0 fully saturated rings. The summed E-state index contributed by atoms with van der Waals surface area (Å²) >= 11 is 0. The van der Waals surface area contributed by atoms with E-state index in [1.165, 1.54) is 0 Å². The lowest BCUT2D eigenvalue weighted by Gasteiger charge is -2.21. The molecule has 0 saturated carbocycles. The number of phosphoric acid groups is 2. The summed E-state index contributed by atoms with van der Waals surface area (Å²) in [6.07, 6.45) is 98.5. The van der Waals surface area contributed by atoms with Gasteiger partial charge in [-0.3, -0.25) is 37.3 Å². The molecule has 17 nitrogen and oxygen atoms in total. The van der Waals surface area contributed by atoms with Crippen molar-refractivity contribution in [3.63, 3.8) is 0 Å². The minimum absolute atomic E-state index is 0.00816. The molecule has 5 atom stereocenters. The third-order valence-corrected chi connectivity index (χ3v) is 17.7. The Morgan fingerprint density at radius 3 is 0.833 bits per heavy atom. The lowest BCUT2D eigenvalue weighted by atomic mass is 10.1. The van der Waals surface area contributed by atoms with Crippen LogP contribution in [0.3, 0.4) is 0 Å². The van der Waals surface area contributed by atoms with Crippen LogP contribution in [0, 0.1) is 0 Å². The van der Waals surface area contributed by atoms with Crippen LogP contribution in [0.5, 0.6) is 0 Å². The Kier molecular flexibility index (Phi) is 74.1. The second-order valence-electron chi connectivity index (χ2n) is 25.8. The first-order valence-electron chi connectivity index (χ1n) is 40.3. The molecule has 0 aliphatic heterocycles. The topological polar surface area (TPSA) is 237 Å². The zero-order valence-corrected chi connectivity index (χ0v) is 68.2. The molecule has 0 heterocycles. The van der Waals surface area contributed by atoms with Crippen molar-refractivity contribution >= 4 is 39.5 Å². The van der Waals surface area contributed by atoms with Crippen LogP contribution in [0.25, 0.3) is 0 Å². The zero-order valence-electron chi connectivity index (χ0n) is 66.4. The molecule has 0 aliphatic rings. The predicted molar refractivity (Wildman–Crippen MR) is 445 cm³/mol. The maximum Gasteiger partial charge on any atom is 0.472 e. The second-order valence-corrected chi connectivity index (χ2v) is 28.8. The van der Waals surface area contributed by atoms with Crippen molar-refractivity contribution in [2.45, 2.75) is 290 Å². The van der Waals surface area contributed by atoms with Gasteiger partial charge in [0.25, 0.3) is 0 Å². The molecule has 0 bridgehead atoms. The predicted octanol–water partition coefficient (Wildman–Crippen LogP) is 23.9. The molecular formula is C89H140O17P2. The molecule has 108 heavy (non-hydrogen) atoms. The van der Waals surface area contributed by atoms with Crippen molar-refractivity contribution in [2.24, 2.45) is 0 Å².